The van der Waals surface area contributed by atoms with Crippen LogP contribution in [-0.2, 0) is 14.5 Å². The highest BCUT2D eigenvalue weighted by molar-refractivity contribution is 5.97. The molecule has 15 heteroatoms. The van der Waals surface area contributed by atoms with E-state index in [2.05, 4.69) is 124 Å². The minimum atomic E-state index is -0.447. The van der Waals surface area contributed by atoms with Crippen LogP contribution in [0.2, 0.25) is 0 Å². The highest BCUT2D eigenvalue weighted by Crippen LogP contribution is 2.48. The summed E-state index contributed by atoms with van der Waals surface area (Å²) in [5.74, 6) is -1.50. The molecule has 0 radical (unpaired) electrons. The van der Waals surface area contributed by atoms with Crippen LogP contribution in [0.25, 0.3) is 0 Å². The van der Waals surface area contributed by atoms with E-state index in [9.17, 15) is 0 Å². The second-order valence-electron chi connectivity index (χ2n) is 28.9. The fourth-order valence-electron chi connectivity index (χ4n) is 15.5. The van der Waals surface area contributed by atoms with Crippen molar-refractivity contribution >= 4 is 17.7 Å². The molecule has 15 nitrogen and oxygen atoms in total. The zero-order chi connectivity index (χ0) is 56.8. The zero-order valence-corrected chi connectivity index (χ0v) is 52.2. The summed E-state index contributed by atoms with van der Waals surface area (Å²) in [5.41, 5.74) is -2.58. The number of carbonyl (C=O) groups excluding carboxylic acids is 3. The molecular formula is C63H111N9O6. The minimum Gasteiger partial charge on any atom is -0.336 e. The third kappa shape index (κ3) is 15.0. The van der Waals surface area contributed by atoms with E-state index in [0.717, 1.165) is 77.0 Å². The van der Waals surface area contributed by atoms with Crippen LogP contribution in [0.4, 0.5) is 0 Å². The van der Waals surface area contributed by atoms with Gasteiger partial charge >= 0.3 is 0 Å². The minimum absolute atomic E-state index is 0.136. The van der Waals surface area contributed by atoms with Crippen molar-refractivity contribution in [2.75, 3.05) is 19.6 Å². The fraction of sp³-hybridized carbons (Fsp3) is 0.905. The summed E-state index contributed by atoms with van der Waals surface area (Å²) in [7, 11) is 0. The van der Waals surface area contributed by atoms with Gasteiger partial charge in [-0.05, 0) is 179 Å². The lowest BCUT2D eigenvalue weighted by molar-refractivity contribution is -0.321. The molecule has 6 fully saturated rings. The van der Waals surface area contributed by atoms with Crippen molar-refractivity contribution in [3.63, 3.8) is 0 Å². The molecule has 3 saturated heterocycles. The van der Waals surface area contributed by atoms with E-state index in [1.807, 2.05) is 9.80 Å². The first-order chi connectivity index (χ1) is 36.7. The maximum Gasteiger partial charge on any atom is 0.292 e. The molecule has 7 rings (SSSR count). The largest absolute Gasteiger partial charge is 0.336 e. The molecule has 1 aromatic rings. The number of hydrogen-bond donors (Lipinski definition) is 0. The summed E-state index contributed by atoms with van der Waals surface area (Å²) < 4.78 is 0. The number of unbranched alkanes of at least 4 members (excludes halogenated alkanes) is 3. The van der Waals surface area contributed by atoms with Crippen molar-refractivity contribution in [3.8, 4) is 0 Å². The average Bonchev–Trinajstić information content (AvgIpc) is 3.59. The first-order valence-corrected chi connectivity index (χ1v) is 31.8. The quantitative estimate of drug-likeness (QED) is 0.116. The lowest BCUT2D eigenvalue weighted by Gasteiger charge is -2.60. The maximum absolute atomic E-state index is 16.5. The molecule has 0 bridgehead atoms. The van der Waals surface area contributed by atoms with E-state index in [4.69, 9.17) is 29.5 Å². The third-order valence-corrected chi connectivity index (χ3v) is 18.7. The second-order valence-corrected chi connectivity index (χ2v) is 28.9. The van der Waals surface area contributed by atoms with Crippen molar-refractivity contribution in [2.24, 2.45) is 0 Å². The van der Waals surface area contributed by atoms with Crippen molar-refractivity contribution < 1.29 is 28.9 Å². The molecule has 444 valence electrons. The number of aromatic nitrogens is 3. The van der Waals surface area contributed by atoms with E-state index < -0.39 is 33.2 Å². The van der Waals surface area contributed by atoms with Crippen LogP contribution in [0.5, 0.6) is 0 Å². The topological polar surface area (TPSA) is 137 Å². The Morgan fingerprint density at radius 1 is 0.410 bits per heavy atom. The van der Waals surface area contributed by atoms with Crippen LogP contribution in [0.1, 0.15) is 309 Å². The molecule has 4 heterocycles. The van der Waals surface area contributed by atoms with Gasteiger partial charge in [0.25, 0.3) is 17.7 Å². The van der Waals surface area contributed by atoms with E-state index in [1.54, 1.807) is 0 Å². The van der Waals surface area contributed by atoms with Gasteiger partial charge in [-0.3, -0.25) is 28.9 Å². The molecule has 6 aliphatic rings. The Bertz CT molecular complexity index is 2010. The Kier molecular flexibility index (Phi) is 21.1. The normalized spacial score (nSPS) is 25.0. The van der Waals surface area contributed by atoms with Gasteiger partial charge in [-0.25, -0.2) is 0 Å². The fourth-order valence-corrected chi connectivity index (χ4v) is 15.5. The maximum atomic E-state index is 16.5. The number of nitrogens with zero attached hydrogens (tertiary/aromatic N) is 9. The number of rotatable bonds is 21. The summed E-state index contributed by atoms with van der Waals surface area (Å²) >= 11 is 0. The Morgan fingerprint density at radius 2 is 0.692 bits per heavy atom. The average molecular weight is 1090 g/mol. The molecule has 0 aromatic carbocycles. The van der Waals surface area contributed by atoms with Crippen LogP contribution in [0, 0.1) is 0 Å². The number of hydrogen-bond acceptors (Lipinski definition) is 12. The van der Waals surface area contributed by atoms with Gasteiger partial charge in [0.05, 0.1) is 18.3 Å². The summed E-state index contributed by atoms with van der Waals surface area (Å²) in [6.45, 7) is 35.0. The third-order valence-electron chi connectivity index (χ3n) is 18.7. The van der Waals surface area contributed by atoms with E-state index in [-0.39, 0.29) is 71.6 Å². The molecule has 0 spiro atoms. The molecule has 3 aliphatic carbocycles. The zero-order valence-electron chi connectivity index (χ0n) is 52.2. The second kappa shape index (κ2) is 26.2. The summed E-state index contributed by atoms with van der Waals surface area (Å²) in [4.78, 5) is 89.2. The Balaban J connectivity index is 1.32. The Morgan fingerprint density at radius 3 is 1.01 bits per heavy atom. The van der Waals surface area contributed by atoms with E-state index in [0.29, 0.717) is 58.2 Å². The van der Waals surface area contributed by atoms with E-state index in [1.165, 1.54) is 57.8 Å². The number of hydroxylamine groups is 6. The number of amides is 3. The molecule has 3 amide bonds. The van der Waals surface area contributed by atoms with Crippen molar-refractivity contribution in [2.45, 2.75) is 347 Å². The lowest BCUT2D eigenvalue weighted by Crippen LogP contribution is -2.69. The van der Waals surface area contributed by atoms with Crippen molar-refractivity contribution in [3.05, 3.63) is 17.5 Å². The number of carbonyl (C=O) groups is 3. The van der Waals surface area contributed by atoms with Crippen LogP contribution in [-0.4, -0.2) is 152 Å². The van der Waals surface area contributed by atoms with Crippen LogP contribution in [0.3, 0.4) is 0 Å². The van der Waals surface area contributed by atoms with Gasteiger partial charge in [0.15, 0.2) is 0 Å². The van der Waals surface area contributed by atoms with Gasteiger partial charge in [-0.15, -0.1) is 0 Å². The molecule has 78 heavy (non-hydrogen) atoms. The standard InChI is InChI=1S/C63H111N9O6/c1-16-19-37-67(38-20-17-2)55(73)52-64-53(56(74)68(39-21-18-3)46-40-58(4,5)70(59(6,7)41-46)76-49-31-25-22-26-32-49)66-54(65-52)57(75)69(47-42-60(8,9)71(61(10,11)43-47)77-50-33-27-23-28-34-50)48-44-62(12,13)72(63(14,15)45-48)78-51-35-29-24-30-36-51/h46-51H,16-45H2,1-15H3. The lowest BCUT2D eigenvalue weighted by atomic mass is 9.74. The molecule has 0 unspecified atom stereocenters. The summed E-state index contributed by atoms with van der Waals surface area (Å²) in [6, 6.07) is -0.667. The van der Waals surface area contributed by atoms with Crippen LogP contribution < -0.4 is 0 Å². The number of piperidine rings is 3. The van der Waals surface area contributed by atoms with Gasteiger partial charge in [-0.1, -0.05) is 97.8 Å². The predicted molar refractivity (Wildman–Crippen MR) is 311 cm³/mol. The molecule has 3 aliphatic heterocycles. The monoisotopic (exact) mass is 1090 g/mol. The predicted octanol–water partition coefficient (Wildman–Crippen LogP) is 13.5. The van der Waals surface area contributed by atoms with Gasteiger partial charge in [-0.2, -0.15) is 30.1 Å². The first kappa shape index (κ1) is 62.8. The van der Waals surface area contributed by atoms with Crippen molar-refractivity contribution in [1.82, 2.24) is 44.8 Å². The van der Waals surface area contributed by atoms with Crippen molar-refractivity contribution in [1.29, 1.82) is 0 Å². The SMILES string of the molecule is CCCCN(CCCC)C(=O)c1nc(C(=O)N(CCCC)C2CC(C)(C)N(OC3CCCCC3)C(C)(C)C2)nc(C(=O)N(C2CC(C)(C)N(OC3CCCCC3)C(C)(C)C2)C2CC(C)(C)N(OC3CCCCC3)C(C)(C)C2)n1. The van der Waals surface area contributed by atoms with Crippen LogP contribution >= 0.6 is 0 Å². The highest BCUT2D eigenvalue weighted by atomic mass is 16.7. The molecular weight excluding hydrogens is 979 g/mol. The summed E-state index contributed by atoms with van der Waals surface area (Å²) in [5, 5.41) is 6.77. The summed E-state index contributed by atoms with van der Waals surface area (Å²) in [6.07, 6.45) is 26.8. The molecule has 1 aromatic heterocycles. The van der Waals surface area contributed by atoms with Crippen LogP contribution in [0.15, 0.2) is 0 Å². The molecule has 3 saturated carbocycles. The smallest absolute Gasteiger partial charge is 0.292 e. The molecule has 0 atom stereocenters. The van der Waals surface area contributed by atoms with Gasteiger partial charge in [0.1, 0.15) is 0 Å². The Hall–Kier alpha value is -2.82. The Labute approximate surface area is 473 Å². The highest BCUT2D eigenvalue weighted by Gasteiger charge is 2.56. The van der Waals surface area contributed by atoms with Gasteiger partial charge < -0.3 is 14.7 Å². The van der Waals surface area contributed by atoms with Gasteiger partial charge in [0.2, 0.25) is 17.5 Å². The first-order valence-electron chi connectivity index (χ1n) is 31.8. The van der Waals surface area contributed by atoms with E-state index >= 15 is 14.4 Å². The molecule has 0 N–H and O–H groups in total. The van der Waals surface area contributed by atoms with Gasteiger partial charge in [0, 0.05) is 71.0 Å².